The van der Waals surface area contributed by atoms with Crippen molar-refractivity contribution in [3.63, 3.8) is 0 Å². The molecule has 7 heteroatoms. The van der Waals surface area contributed by atoms with Gasteiger partial charge < -0.3 is 9.88 Å². The summed E-state index contributed by atoms with van der Waals surface area (Å²) in [7, 11) is 0. The van der Waals surface area contributed by atoms with E-state index in [0.717, 1.165) is 35.7 Å². The molecule has 1 aliphatic heterocycles. The third kappa shape index (κ3) is 2.79. The number of carbonyl (C=O) groups is 2. The molecule has 0 spiro atoms. The molecule has 0 aromatic carbocycles. The fourth-order valence-electron chi connectivity index (χ4n) is 3.98. The molecule has 1 N–H and O–H groups in total. The predicted octanol–water partition coefficient (Wildman–Crippen LogP) is 3.50. The van der Waals surface area contributed by atoms with Gasteiger partial charge in [-0.15, -0.1) is 0 Å². The minimum absolute atomic E-state index is 0.00866. The van der Waals surface area contributed by atoms with E-state index in [1.54, 1.807) is 0 Å². The average Bonchev–Trinajstić information content (AvgIpc) is 3.42. The van der Waals surface area contributed by atoms with E-state index in [1.165, 1.54) is 16.9 Å². The summed E-state index contributed by atoms with van der Waals surface area (Å²) in [4.78, 5) is 34.3. The van der Waals surface area contributed by atoms with Gasteiger partial charge in [0.25, 0.3) is 11.8 Å². The number of nitrogens with one attached hydrogen (secondary N) is 1. The Morgan fingerprint density at radius 2 is 2.14 bits per heavy atom. The number of amides is 2. The molecular formula is C21H18N4O2S. The van der Waals surface area contributed by atoms with Crippen LogP contribution in [0.3, 0.4) is 0 Å². The second-order valence-corrected chi connectivity index (χ2v) is 8.07. The molecule has 1 atom stereocenters. The predicted molar refractivity (Wildman–Crippen MR) is 108 cm³/mol. The highest BCUT2D eigenvalue weighted by Gasteiger charge is 2.34. The van der Waals surface area contributed by atoms with Crippen LogP contribution in [0.15, 0.2) is 64.6 Å². The molecule has 2 aliphatic carbocycles. The molecule has 6 nitrogen and oxygen atoms in total. The van der Waals surface area contributed by atoms with Crippen LogP contribution in [0, 0.1) is 12.8 Å². The van der Waals surface area contributed by atoms with Gasteiger partial charge >= 0.3 is 0 Å². The van der Waals surface area contributed by atoms with Crippen molar-refractivity contribution < 1.29 is 9.59 Å². The van der Waals surface area contributed by atoms with Crippen molar-refractivity contribution in [2.75, 3.05) is 0 Å². The number of aliphatic imine (C=N–C) groups is 1. The van der Waals surface area contributed by atoms with Crippen molar-refractivity contribution in [1.82, 2.24) is 14.9 Å². The van der Waals surface area contributed by atoms with Crippen molar-refractivity contribution in [3.05, 3.63) is 70.2 Å². The van der Waals surface area contributed by atoms with E-state index in [2.05, 4.69) is 15.3 Å². The minimum atomic E-state index is -0.314. The molecule has 140 valence electrons. The molecule has 3 aliphatic rings. The van der Waals surface area contributed by atoms with Crippen molar-refractivity contribution >= 4 is 28.9 Å². The highest BCUT2D eigenvalue weighted by Crippen LogP contribution is 2.39. The van der Waals surface area contributed by atoms with Gasteiger partial charge in [-0.2, -0.15) is 0 Å². The number of fused-ring (bicyclic) bond motifs is 2. The number of aryl methyl sites for hydroxylation is 1. The monoisotopic (exact) mass is 390 g/mol. The number of carbonyl (C=O) groups excluding carboxylic acids is 2. The van der Waals surface area contributed by atoms with Crippen LogP contribution in [0.25, 0.3) is 5.13 Å². The van der Waals surface area contributed by atoms with E-state index in [4.69, 9.17) is 0 Å². The molecular weight excluding hydrogens is 372 g/mol. The van der Waals surface area contributed by atoms with Gasteiger partial charge in [-0.3, -0.25) is 9.59 Å². The lowest BCUT2D eigenvalue weighted by atomic mass is 9.85. The maximum absolute atomic E-state index is 12.7. The summed E-state index contributed by atoms with van der Waals surface area (Å²) in [5.74, 6) is -0.216. The van der Waals surface area contributed by atoms with Gasteiger partial charge in [0, 0.05) is 29.6 Å². The van der Waals surface area contributed by atoms with Crippen molar-refractivity contribution in [2.45, 2.75) is 26.2 Å². The molecule has 28 heavy (non-hydrogen) atoms. The van der Waals surface area contributed by atoms with E-state index in [-0.39, 0.29) is 17.7 Å². The lowest BCUT2D eigenvalue weighted by Crippen LogP contribution is -2.35. The summed E-state index contributed by atoms with van der Waals surface area (Å²) in [6.07, 6.45) is 12.3. The lowest BCUT2D eigenvalue weighted by Gasteiger charge is -2.28. The number of rotatable bonds is 2. The van der Waals surface area contributed by atoms with Crippen LogP contribution in [-0.4, -0.2) is 27.1 Å². The fourth-order valence-corrected chi connectivity index (χ4v) is 4.90. The maximum Gasteiger partial charge on any atom is 0.289 e. The topological polar surface area (TPSA) is 76.3 Å². The molecule has 1 unspecified atom stereocenters. The zero-order chi connectivity index (χ0) is 19.3. The summed E-state index contributed by atoms with van der Waals surface area (Å²) in [5.41, 5.74) is 4.18. The van der Waals surface area contributed by atoms with Crippen LogP contribution < -0.4 is 5.32 Å². The number of thiazole rings is 1. The van der Waals surface area contributed by atoms with Gasteiger partial charge in [-0.1, -0.05) is 17.4 Å². The third-order valence-corrected chi connectivity index (χ3v) is 6.46. The van der Waals surface area contributed by atoms with Crippen LogP contribution in [-0.2, 0) is 4.79 Å². The average molecular weight is 390 g/mol. The Hall–Kier alpha value is -3.06. The Balaban J connectivity index is 1.43. The second-order valence-electron chi connectivity index (χ2n) is 7.09. The number of hydrogen-bond acceptors (Lipinski definition) is 4. The van der Waals surface area contributed by atoms with E-state index in [9.17, 15) is 9.59 Å². The Labute approximate surface area is 166 Å². The largest absolute Gasteiger partial charge is 0.325 e. The van der Waals surface area contributed by atoms with Gasteiger partial charge in [-0.25, -0.2) is 9.98 Å². The van der Waals surface area contributed by atoms with E-state index in [0.29, 0.717) is 16.3 Å². The molecule has 0 saturated carbocycles. The van der Waals surface area contributed by atoms with E-state index in [1.807, 2.05) is 54.2 Å². The zero-order valence-electron chi connectivity index (χ0n) is 15.3. The number of allylic oxidation sites excluding steroid dienone is 3. The first kappa shape index (κ1) is 17.1. The zero-order valence-corrected chi connectivity index (χ0v) is 16.1. The van der Waals surface area contributed by atoms with Crippen molar-refractivity contribution in [1.29, 1.82) is 0 Å². The summed E-state index contributed by atoms with van der Waals surface area (Å²) in [6.45, 7) is 1.82. The minimum Gasteiger partial charge on any atom is -0.325 e. The quantitative estimate of drug-likeness (QED) is 0.853. The highest BCUT2D eigenvalue weighted by molar-refractivity contribution is 7.16. The molecule has 0 saturated heterocycles. The maximum atomic E-state index is 12.7. The fraction of sp³-hybridized carbons (Fsp3) is 0.238. The highest BCUT2D eigenvalue weighted by atomic mass is 32.1. The van der Waals surface area contributed by atoms with Gasteiger partial charge in [0.05, 0.1) is 11.4 Å². The second kappa shape index (κ2) is 6.53. The van der Waals surface area contributed by atoms with Crippen LogP contribution >= 0.6 is 11.3 Å². The van der Waals surface area contributed by atoms with Crippen molar-refractivity contribution in [3.8, 4) is 5.13 Å². The normalized spacial score (nSPS) is 22.2. The van der Waals surface area contributed by atoms with E-state index < -0.39 is 0 Å². The number of aromatic nitrogens is 2. The molecule has 5 rings (SSSR count). The smallest absolute Gasteiger partial charge is 0.289 e. The summed E-state index contributed by atoms with van der Waals surface area (Å²) in [6, 6.07) is 3.83. The Bertz CT molecular complexity index is 1120. The van der Waals surface area contributed by atoms with Crippen LogP contribution in [0.5, 0.6) is 0 Å². The lowest BCUT2D eigenvalue weighted by molar-refractivity contribution is -0.117. The van der Waals surface area contributed by atoms with Gasteiger partial charge in [0.2, 0.25) is 0 Å². The third-order valence-electron chi connectivity index (χ3n) is 5.30. The molecule has 0 bridgehead atoms. The first-order chi connectivity index (χ1) is 13.6. The van der Waals surface area contributed by atoms with Gasteiger partial charge in [0.1, 0.15) is 4.88 Å². The molecule has 3 heterocycles. The van der Waals surface area contributed by atoms with Crippen LogP contribution in [0.4, 0.5) is 0 Å². The molecule has 2 amide bonds. The van der Waals surface area contributed by atoms with E-state index >= 15 is 0 Å². The van der Waals surface area contributed by atoms with Gasteiger partial charge in [-0.05, 0) is 56.0 Å². The molecule has 2 aromatic heterocycles. The molecule has 2 aromatic rings. The summed E-state index contributed by atoms with van der Waals surface area (Å²) in [5, 5.41) is 3.71. The Morgan fingerprint density at radius 1 is 1.32 bits per heavy atom. The molecule has 0 radical (unpaired) electrons. The number of hydrogen-bond donors (Lipinski definition) is 1. The van der Waals surface area contributed by atoms with Crippen LogP contribution in [0.1, 0.15) is 34.6 Å². The number of nitrogens with zero attached hydrogens (tertiary/aromatic N) is 3. The van der Waals surface area contributed by atoms with Crippen molar-refractivity contribution in [2.24, 2.45) is 10.9 Å². The van der Waals surface area contributed by atoms with Crippen LogP contribution in [0.2, 0.25) is 0 Å². The SMILES string of the molecule is Cc1nc(-n2cccc2)sc1C(=O)N=C1C=CC2C(=C1)NC(=O)C1=C2CCC1. The summed E-state index contributed by atoms with van der Waals surface area (Å²) < 4.78 is 1.87. The molecule has 0 fully saturated rings. The van der Waals surface area contributed by atoms with Gasteiger partial charge in [0.15, 0.2) is 5.13 Å². The Kier molecular flexibility index (Phi) is 3.98. The standard InChI is InChI=1S/C21H18N4O2S/c1-12-18(28-21(22-12)25-9-2-3-10-25)20(27)23-13-7-8-15-14-5-4-6-16(14)19(26)24-17(15)11-13/h2-3,7-11,15H,4-6H2,1H3,(H,24,26). The first-order valence-corrected chi connectivity index (χ1v) is 10.1. The summed E-state index contributed by atoms with van der Waals surface area (Å²) >= 11 is 1.32. The Morgan fingerprint density at radius 3 is 2.96 bits per heavy atom. The first-order valence-electron chi connectivity index (χ1n) is 9.27.